The first-order valence-electron chi connectivity index (χ1n) is 5.05. The minimum absolute atomic E-state index is 0.0844. The van der Waals surface area contributed by atoms with Crippen LogP contribution in [0.1, 0.15) is 21.5 Å². The van der Waals surface area contributed by atoms with Crippen molar-refractivity contribution in [2.24, 2.45) is 0 Å². The van der Waals surface area contributed by atoms with Gasteiger partial charge in [0.05, 0.1) is 4.92 Å². The predicted octanol–water partition coefficient (Wildman–Crippen LogP) is 3.85. The van der Waals surface area contributed by atoms with E-state index in [-0.39, 0.29) is 20.7 Å². The highest BCUT2D eigenvalue weighted by atomic mass is 35.5. The zero-order valence-corrected chi connectivity index (χ0v) is 10.9. The molecule has 18 heavy (non-hydrogen) atoms. The van der Waals surface area contributed by atoms with Crippen LogP contribution in [0.3, 0.4) is 0 Å². The summed E-state index contributed by atoms with van der Waals surface area (Å²) in [6, 6.07) is 8.44. The standard InChI is InChI=1S/C12H8ClNO3S/c1-7-9(12(14(16)17)18-11(7)13)10(15)8-5-3-2-4-6-8/h2-6H,1H3. The predicted molar refractivity (Wildman–Crippen MR) is 70.6 cm³/mol. The van der Waals surface area contributed by atoms with Crippen molar-refractivity contribution in [1.29, 1.82) is 0 Å². The fraction of sp³-hybridized carbons (Fsp3) is 0.0833. The second kappa shape index (κ2) is 4.88. The Balaban J connectivity index is 2.58. The van der Waals surface area contributed by atoms with E-state index >= 15 is 0 Å². The molecule has 2 rings (SSSR count). The SMILES string of the molecule is Cc1c(Cl)sc([N+](=O)[O-])c1C(=O)c1ccccc1. The molecule has 0 spiro atoms. The largest absolute Gasteiger partial charge is 0.336 e. The van der Waals surface area contributed by atoms with Crippen molar-refractivity contribution in [2.75, 3.05) is 0 Å². The first kappa shape index (κ1) is 12.7. The van der Waals surface area contributed by atoms with E-state index in [2.05, 4.69) is 0 Å². The number of carbonyl (C=O) groups is 1. The number of benzene rings is 1. The lowest BCUT2D eigenvalue weighted by molar-refractivity contribution is -0.380. The molecule has 0 fully saturated rings. The van der Waals surface area contributed by atoms with Gasteiger partial charge in [0.2, 0.25) is 5.78 Å². The van der Waals surface area contributed by atoms with Gasteiger partial charge in [-0.25, -0.2) is 0 Å². The van der Waals surface area contributed by atoms with Gasteiger partial charge in [0.15, 0.2) is 0 Å². The number of rotatable bonds is 3. The van der Waals surface area contributed by atoms with E-state index in [9.17, 15) is 14.9 Å². The van der Waals surface area contributed by atoms with Crippen molar-refractivity contribution in [2.45, 2.75) is 6.92 Å². The minimum Gasteiger partial charge on any atom is -0.288 e. The maximum atomic E-state index is 12.2. The van der Waals surface area contributed by atoms with Crippen LogP contribution < -0.4 is 0 Å². The molecule has 0 saturated carbocycles. The van der Waals surface area contributed by atoms with Crippen molar-refractivity contribution in [3.05, 3.63) is 61.5 Å². The molecular formula is C12H8ClNO3S. The Morgan fingerprint density at radius 3 is 2.50 bits per heavy atom. The second-order valence-corrected chi connectivity index (χ2v) is 5.23. The summed E-state index contributed by atoms with van der Waals surface area (Å²) in [5, 5.41) is 10.7. The molecule has 0 atom stereocenters. The van der Waals surface area contributed by atoms with Gasteiger partial charge in [-0.15, -0.1) is 0 Å². The van der Waals surface area contributed by atoms with Crippen LogP contribution in [0.4, 0.5) is 5.00 Å². The third kappa shape index (κ3) is 2.14. The van der Waals surface area contributed by atoms with Crippen LogP contribution in [0.15, 0.2) is 30.3 Å². The number of hydrogen-bond donors (Lipinski definition) is 0. The van der Waals surface area contributed by atoms with Gasteiger partial charge in [-0.05, 0) is 23.8 Å². The lowest BCUT2D eigenvalue weighted by atomic mass is 10.0. The van der Waals surface area contributed by atoms with E-state index in [0.29, 0.717) is 11.1 Å². The molecule has 92 valence electrons. The molecule has 1 aromatic heterocycles. The number of hydrogen-bond acceptors (Lipinski definition) is 4. The Hall–Kier alpha value is -1.72. The molecule has 2 aromatic rings. The molecular weight excluding hydrogens is 274 g/mol. The van der Waals surface area contributed by atoms with Crippen LogP contribution in [-0.2, 0) is 0 Å². The molecule has 4 nitrogen and oxygen atoms in total. The summed E-state index contributed by atoms with van der Waals surface area (Å²) < 4.78 is 0.279. The summed E-state index contributed by atoms with van der Waals surface area (Å²) in [6.45, 7) is 1.61. The number of nitrogens with zero attached hydrogens (tertiary/aromatic N) is 1. The molecule has 0 bridgehead atoms. The first-order chi connectivity index (χ1) is 8.52. The van der Waals surface area contributed by atoms with Crippen LogP contribution in [-0.4, -0.2) is 10.7 Å². The summed E-state index contributed by atoms with van der Waals surface area (Å²) in [6.07, 6.45) is 0. The van der Waals surface area contributed by atoms with Crippen molar-refractivity contribution < 1.29 is 9.72 Å². The van der Waals surface area contributed by atoms with Crippen molar-refractivity contribution in [3.63, 3.8) is 0 Å². The smallest absolute Gasteiger partial charge is 0.288 e. The van der Waals surface area contributed by atoms with Crippen LogP contribution in [0.5, 0.6) is 0 Å². The average Bonchev–Trinajstić information content (AvgIpc) is 2.66. The van der Waals surface area contributed by atoms with Crippen molar-refractivity contribution in [1.82, 2.24) is 0 Å². The lowest BCUT2D eigenvalue weighted by Gasteiger charge is -2.00. The zero-order chi connectivity index (χ0) is 13.3. The molecule has 0 N–H and O–H groups in total. The molecule has 0 unspecified atom stereocenters. The molecule has 0 radical (unpaired) electrons. The zero-order valence-electron chi connectivity index (χ0n) is 9.34. The Morgan fingerprint density at radius 1 is 1.33 bits per heavy atom. The van der Waals surface area contributed by atoms with Crippen LogP contribution in [0.25, 0.3) is 0 Å². The minimum atomic E-state index is -0.570. The van der Waals surface area contributed by atoms with Crippen LogP contribution in [0, 0.1) is 17.0 Å². The second-order valence-electron chi connectivity index (χ2n) is 3.63. The average molecular weight is 282 g/mol. The summed E-state index contributed by atoms with van der Waals surface area (Å²) in [5.41, 5.74) is 0.960. The number of nitro groups is 1. The summed E-state index contributed by atoms with van der Waals surface area (Å²) in [4.78, 5) is 22.6. The van der Waals surface area contributed by atoms with Gasteiger partial charge in [-0.3, -0.25) is 14.9 Å². The fourth-order valence-electron chi connectivity index (χ4n) is 1.60. The maximum absolute atomic E-state index is 12.2. The molecule has 0 aliphatic carbocycles. The highest BCUT2D eigenvalue weighted by molar-refractivity contribution is 7.19. The number of thiophene rings is 1. The molecule has 0 aliphatic heterocycles. The highest BCUT2D eigenvalue weighted by Gasteiger charge is 2.28. The topological polar surface area (TPSA) is 60.2 Å². The Morgan fingerprint density at radius 2 is 1.94 bits per heavy atom. The van der Waals surface area contributed by atoms with Crippen molar-refractivity contribution in [3.8, 4) is 0 Å². The van der Waals surface area contributed by atoms with Gasteiger partial charge < -0.3 is 0 Å². The summed E-state index contributed by atoms with van der Waals surface area (Å²) in [5.74, 6) is -0.372. The third-order valence-electron chi connectivity index (χ3n) is 2.50. The fourth-order valence-corrected chi connectivity index (χ4v) is 2.76. The Labute approximate surface area is 112 Å². The van der Waals surface area contributed by atoms with Crippen LogP contribution >= 0.6 is 22.9 Å². The van der Waals surface area contributed by atoms with Gasteiger partial charge in [-0.2, -0.15) is 0 Å². The van der Waals surface area contributed by atoms with E-state index in [1.165, 1.54) is 0 Å². The quantitative estimate of drug-likeness (QED) is 0.488. The molecule has 1 heterocycles. The molecule has 0 aliphatic rings. The summed E-state index contributed by atoms with van der Waals surface area (Å²) in [7, 11) is 0. The Bertz CT molecular complexity index is 622. The molecule has 1 aromatic carbocycles. The van der Waals surface area contributed by atoms with Crippen LogP contribution in [0.2, 0.25) is 4.34 Å². The van der Waals surface area contributed by atoms with Gasteiger partial charge >= 0.3 is 5.00 Å². The van der Waals surface area contributed by atoms with Crippen molar-refractivity contribution >= 4 is 33.7 Å². The van der Waals surface area contributed by atoms with E-state index < -0.39 is 4.92 Å². The number of carbonyl (C=O) groups excluding carboxylic acids is 1. The highest BCUT2D eigenvalue weighted by Crippen LogP contribution is 2.39. The number of halogens is 1. The van der Waals surface area contributed by atoms with Gasteiger partial charge in [0.25, 0.3) is 0 Å². The monoisotopic (exact) mass is 281 g/mol. The first-order valence-corrected chi connectivity index (χ1v) is 6.25. The maximum Gasteiger partial charge on any atom is 0.336 e. The summed E-state index contributed by atoms with van der Waals surface area (Å²) >= 11 is 6.69. The normalized spacial score (nSPS) is 10.3. The lowest BCUT2D eigenvalue weighted by Crippen LogP contribution is -2.04. The van der Waals surface area contributed by atoms with Gasteiger partial charge in [0, 0.05) is 5.56 Å². The van der Waals surface area contributed by atoms with E-state index in [1.54, 1.807) is 37.3 Å². The Kier molecular flexibility index (Phi) is 3.45. The molecule has 0 amide bonds. The van der Waals surface area contributed by atoms with Gasteiger partial charge in [-0.1, -0.05) is 41.9 Å². The van der Waals surface area contributed by atoms with Gasteiger partial charge in [0.1, 0.15) is 9.90 Å². The molecule has 0 saturated heterocycles. The van der Waals surface area contributed by atoms with E-state index in [4.69, 9.17) is 11.6 Å². The van der Waals surface area contributed by atoms with E-state index in [0.717, 1.165) is 11.3 Å². The number of ketones is 1. The molecule has 6 heteroatoms. The van der Waals surface area contributed by atoms with E-state index in [1.807, 2.05) is 0 Å². The third-order valence-corrected chi connectivity index (χ3v) is 4.05.